The van der Waals surface area contributed by atoms with Crippen molar-refractivity contribution in [1.29, 1.82) is 0 Å². The zero-order valence-electron chi connectivity index (χ0n) is 24.5. The summed E-state index contributed by atoms with van der Waals surface area (Å²) in [6.07, 6.45) is 0. The first-order chi connectivity index (χ1) is 20.3. The average Bonchev–Trinajstić information content (AvgIpc) is 3.45. The Hall–Kier alpha value is -3.96. The summed E-state index contributed by atoms with van der Waals surface area (Å²) in [5.74, 6) is 0. The molecule has 2 nitrogen and oxygen atoms in total. The van der Waals surface area contributed by atoms with Gasteiger partial charge in [-0.3, -0.25) is 0 Å². The molecule has 2 aliphatic heterocycles. The van der Waals surface area contributed by atoms with Crippen LogP contribution in [-0.2, 0) is 9.31 Å². The SMILES string of the molecule is CC1(C)OB(c2ccc3c(c2)[Si](c2ccccc2)(c2ccccc2)c2c-3c3ccccc3c3ccccc23)OC1(C)C. The monoisotopic (exact) mass is 560 g/mol. The summed E-state index contributed by atoms with van der Waals surface area (Å²) in [6, 6.07) is 47.4. The van der Waals surface area contributed by atoms with Crippen LogP contribution in [-0.4, -0.2) is 26.4 Å². The molecule has 0 saturated carbocycles. The second-order valence-electron chi connectivity index (χ2n) is 12.7. The van der Waals surface area contributed by atoms with E-state index >= 15 is 0 Å². The minimum Gasteiger partial charge on any atom is -0.399 e. The smallest absolute Gasteiger partial charge is 0.399 e. The van der Waals surface area contributed by atoms with Gasteiger partial charge in [0.05, 0.1) is 11.2 Å². The summed E-state index contributed by atoms with van der Waals surface area (Å²) in [5.41, 5.74) is 2.97. The van der Waals surface area contributed by atoms with Gasteiger partial charge in [0.25, 0.3) is 0 Å². The fourth-order valence-corrected chi connectivity index (χ4v) is 12.8. The molecule has 1 fully saturated rings. The molecule has 0 amide bonds. The minimum absolute atomic E-state index is 0.403. The van der Waals surface area contributed by atoms with Crippen molar-refractivity contribution in [2.45, 2.75) is 38.9 Å². The first kappa shape index (κ1) is 25.7. The first-order valence-corrected chi connectivity index (χ1v) is 16.9. The van der Waals surface area contributed by atoms with E-state index in [9.17, 15) is 0 Å². The van der Waals surface area contributed by atoms with Crippen LogP contribution in [0.25, 0.3) is 32.7 Å². The Bertz CT molecular complexity index is 1940. The maximum absolute atomic E-state index is 6.60. The van der Waals surface area contributed by atoms with E-state index in [0.29, 0.717) is 0 Å². The van der Waals surface area contributed by atoms with Crippen LogP contribution in [0.15, 0.2) is 127 Å². The number of fused-ring (bicyclic) bond motifs is 8. The zero-order chi connectivity index (χ0) is 28.7. The molecule has 0 bridgehead atoms. The van der Waals surface area contributed by atoms with Gasteiger partial charge in [-0.25, -0.2) is 0 Å². The molecule has 6 aromatic carbocycles. The molecule has 1 saturated heterocycles. The van der Waals surface area contributed by atoms with Crippen LogP contribution in [0, 0.1) is 0 Å². The highest BCUT2D eigenvalue weighted by molar-refractivity contribution is 7.23. The number of hydrogen-bond acceptors (Lipinski definition) is 2. The van der Waals surface area contributed by atoms with Gasteiger partial charge in [-0.15, -0.1) is 0 Å². The van der Waals surface area contributed by atoms with Gasteiger partial charge < -0.3 is 9.31 Å². The van der Waals surface area contributed by atoms with Gasteiger partial charge >= 0.3 is 7.12 Å². The van der Waals surface area contributed by atoms with Gasteiger partial charge in [0.2, 0.25) is 0 Å². The van der Waals surface area contributed by atoms with Gasteiger partial charge in [0, 0.05) is 0 Å². The summed E-state index contributed by atoms with van der Waals surface area (Å²) in [4.78, 5) is 0. The van der Waals surface area contributed by atoms with Crippen molar-refractivity contribution in [2.75, 3.05) is 0 Å². The van der Waals surface area contributed by atoms with E-state index in [0.717, 1.165) is 5.46 Å². The van der Waals surface area contributed by atoms with Crippen LogP contribution < -0.4 is 26.2 Å². The highest BCUT2D eigenvalue weighted by Gasteiger charge is 2.54. The third kappa shape index (κ3) is 3.40. The Morgan fingerprint density at radius 2 is 1.00 bits per heavy atom. The molecule has 0 radical (unpaired) electrons. The summed E-state index contributed by atoms with van der Waals surface area (Å²) in [6.45, 7) is 8.51. The molecule has 2 heterocycles. The lowest BCUT2D eigenvalue weighted by atomic mass is 9.78. The van der Waals surface area contributed by atoms with Gasteiger partial charge in [0.15, 0.2) is 8.07 Å². The second kappa shape index (κ2) is 9.02. The standard InChI is InChI=1S/C38H33BO2Si/c1-37(2)38(3,4)41-39(40-37)26-23-24-33-34(25-26)42(27-15-7-5-8-16-27,28-17-9-6-10-18-28)36-32-22-14-12-20-30(32)29-19-11-13-21-31(29)35(33)36/h5-25H,1-4H3. The number of hydrogen-bond donors (Lipinski definition) is 0. The Kier molecular flexibility index (Phi) is 5.52. The van der Waals surface area contributed by atoms with Crippen LogP contribution in [0.3, 0.4) is 0 Å². The Morgan fingerprint density at radius 1 is 0.524 bits per heavy atom. The van der Waals surface area contributed by atoms with Crippen LogP contribution in [0.5, 0.6) is 0 Å². The molecular weight excluding hydrogens is 527 g/mol. The van der Waals surface area contributed by atoms with Crippen LogP contribution in [0.4, 0.5) is 0 Å². The maximum Gasteiger partial charge on any atom is 0.494 e. The summed E-state index contributed by atoms with van der Waals surface area (Å²) >= 11 is 0. The molecule has 0 atom stereocenters. The fraction of sp³-hybridized carbons (Fsp3) is 0.158. The van der Waals surface area contributed by atoms with Crippen molar-refractivity contribution in [3.63, 3.8) is 0 Å². The van der Waals surface area contributed by atoms with E-state index in [-0.39, 0.29) is 0 Å². The molecule has 0 spiro atoms. The quantitative estimate of drug-likeness (QED) is 0.206. The number of rotatable bonds is 3. The van der Waals surface area contributed by atoms with E-state index < -0.39 is 26.4 Å². The average molecular weight is 561 g/mol. The Balaban J connectivity index is 1.54. The lowest BCUT2D eigenvalue weighted by molar-refractivity contribution is 0.00578. The lowest BCUT2D eigenvalue weighted by Crippen LogP contribution is -2.73. The topological polar surface area (TPSA) is 18.5 Å². The maximum atomic E-state index is 6.60. The zero-order valence-corrected chi connectivity index (χ0v) is 25.5. The van der Waals surface area contributed by atoms with Crippen LogP contribution in [0.2, 0.25) is 0 Å². The van der Waals surface area contributed by atoms with Crippen molar-refractivity contribution in [1.82, 2.24) is 0 Å². The van der Waals surface area contributed by atoms with Gasteiger partial charge in [-0.2, -0.15) is 0 Å². The summed E-state index contributed by atoms with van der Waals surface area (Å²) in [5, 5.41) is 11.0. The summed E-state index contributed by atoms with van der Waals surface area (Å²) in [7, 11) is -3.19. The van der Waals surface area contributed by atoms with E-state index in [4.69, 9.17) is 9.31 Å². The number of benzene rings is 6. The van der Waals surface area contributed by atoms with Crippen LogP contribution >= 0.6 is 0 Å². The normalized spacial score (nSPS) is 17.9. The fourth-order valence-electron chi connectivity index (χ4n) is 7.30. The molecule has 204 valence electrons. The molecule has 4 heteroatoms. The van der Waals surface area contributed by atoms with Gasteiger partial charge in [-0.05, 0) is 86.6 Å². The predicted molar refractivity (Wildman–Crippen MR) is 180 cm³/mol. The van der Waals surface area contributed by atoms with Gasteiger partial charge in [0.1, 0.15) is 0 Å². The Morgan fingerprint density at radius 3 is 1.57 bits per heavy atom. The molecule has 42 heavy (non-hydrogen) atoms. The largest absolute Gasteiger partial charge is 0.494 e. The van der Waals surface area contributed by atoms with Crippen molar-refractivity contribution < 1.29 is 9.31 Å². The van der Waals surface area contributed by atoms with Crippen LogP contribution in [0.1, 0.15) is 27.7 Å². The van der Waals surface area contributed by atoms with Crippen molar-refractivity contribution in [3.05, 3.63) is 127 Å². The minimum atomic E-state index is -2.77. The van der Waals surface area contributed by atoms with Gasteiger partial charge in [-0.1, -0.05) is 127 Å². The molecule has 6 aromatic rings. The molecule has 0 unspecified atom stereocenters. The van der Waals surface area contributed by atoms with E-state index in [1.54, 1.807) is 0 Å². The molecule has 0 aliphatic carbocycles. The summed E-state index contributed by atoms with van der Waals surface area (Å²) < 4.78 is 13.2. The van der Waals surface area contributed by atoms with Crippen molar-refractivity contribution in [2.24, 2.45) is 0 Å². The predicted octanol–water partition coefficient (Wildman–Crippen LogP) is 5.65. The molecule has 0 aromatic heterocycles. The lowest BCUT2D eigenvalue weighted by Gasteiger charge is -2.32. The second-order valence-corrected chi connectivity index (χ2v) is 16.4. The van der Waals surface area contributed by atoms with E-state index in [2.05, 4.69) is 155 Å². The van der Waals surface area contributed by atoms with Crippen molar-refractivity contribution in [3.8, 4) is 11.1 Å². The van der Waals surface area contributed by atoms with Crippen molar-refractivity contribution >= 4 is 62.9 Å². The van der Waals surface area contributed by atoms with E-state index in [1.165, 1.54) is 53.4 Å². The third-order valence-corrected chi connectivity index (χ3v) is 14.9. The first-order valence-electron chi connectivity index (χ1n) is 14.9. The third-order valence-electron chi connectivity index (χ3n) is 9.96. The molecule has 2 aliphatic rings. The van der Waals surface area contributed by atoms with E-state index in [1.807, 2.05) is 0 Å². The Labute approximate surface area is 249 Å². The molecule has 0 N–H and O–H groups in total. The highest BCUT2D eigenvalue weighted by atomic mass is 28.3. The highest BCUT2D eigenvalue weighted by Crippen LogP contribution is 2.40. The molecular formula is C38H33BO2Si. The molecule has 8 rings (SSSR count).